The molecule has 11 atom stereocenters. The molecule has 6 aliphatic carbocycles. The van der Waals surface area contributed by atoms with Crippen molar-refractivity contribution in [2.24, 2.45) is 50.2 Å². The summed E-state index contributed by atoms with van der Waals surface area (Å²) in [5, 5.41) is 25.7. The number of allylic oxidation sites excluding steroid dienone is 1. The van der Waals surface area contributed by atoms with Crippen molar-refractivity contribution in [3.05, 3.63) is 70.1 Å². The van der Waals surface area contributed by atoms with Gasteiger partial charge in [-0.15, -0.1) is 0 Å². The fourth-order valence-corrected chi connectivity index (χ4v) is 16.6. The quantitative estimate of drug-likeness (QED) is 0.197. The van der Waals surface area contributed by atoms with Crippen molar-refractivity contribution in [2.75, 3.05) is 0 Å². The molecule has 3 N–H and O–H groups in total. The van der Waals surface area contributed by atoms with Crippen molar-refractivity contribution >= 4 is 22.6 Å². The highest BCUT2D eigenvalue weighted by Crippen LogP contribution is 2.80. The Morgan fingerprint density at radius 1 is 0.932 bits per heavy atom. The number of aryl methyl sites for hydroxylation is 2. The van der Waals surface area contributed by atoms with Crippen LogP contribution < -0.4 is 0 Å². The second kappa shape index (κ2) is 12.8. The van der Waals surface area contributed by atoms with Gasteiger partial charge in [0, 0.05) is 60.0 Å². The normalized spacial score (nSPS) is 41.9. The molecule has 3 aromatic rings. The number of hydrogen-bond donors (Lipinski definition) is 3. The molecular formula is C52H70N2O5. The summed E-state index contributed by atoms with van der Waals surface area (Å²) in [5.41, 5.74) is 6.34. The number of carbonyl (C=O) groups is 2. The number of aliphatic hydroxyl groups is 2. The molecule has 2 aromatic heterocycles. The van der Waals surface area contributed by atoms with Crippen LogP contribution in [-0.2, 0) is 27.3 Å². The van der Waals surface area contributed by atoms with Crippen LogP contribution in [0.5, 0.6) is 0 Å². The topological polar surface area (TPSA) is 108 Å². The molecule has 5 fully saturated rings. The minimum atomic E-state index is -0.704. The summed E-state index contributed by atoms with van der Waals surface area (Å²) < 4.78 is 8.39. The van der Waals surface area contributed by atoms with E-state index in [0.29, 0.717) is 43.9 Å². The molecule has 0 spiro atoms. The van der Waals surface area contributed by atoms with Gasteiger partial charge < -0.3 is 24.5 Å². The number of ether oxygens (including phenoxy) is 1. The van der Waals surface area contributed by atoms with E-state index in [2.05, 4.69) is 88.5 Å². The van der Waals surface area contributed by atoms with Crippen molar-refractivity contribution in [3.8, 4) is 0 Å². The van der Waals surface area contributed by atoms with Gasteiger partial charge >= 0.3 is 0 Å². The Bertz CT molecular complexity index is 2270. The number of Topliss-reactive ketones (excluding diaryl/α,β-unsaturated/α-hetero) is 2. The number of aromatic nitrogens is 2. The number of carbonyl (C=O) groups excluding carboxylic acids is 2. The molecule has 10 rings (SSSR count). The minimum Gasteiger partial charge on any atom is -0.392 e. The van der Waals surface area contributed by atoms with E-state index in [1.807, 2.05) is 20.0 Å². The third kappa shape index (κ3) is 5.35. The van der Waals surface area contributed by atoms with Crippen molar-refractivity contribution < 1.29 is 24.5 Å². The van der Waals surface area contributed by atoms with Crippen molar-refractivity contribution in [3.63, 3.8) is 0 Å². The van der Waals surface area contributed by atoms with Crippen LogP contribution in [0.3, 0.4) is 0 Å². The van der Waals surface area contributed by atoms with E-state index in [1.165, 1.54) is 40.7 Å². The van der Waals surface area contributed by atoms with Gasteiger partial charge in [0.1, 0.15) is 11.9 Å². The predicted octanol–water partition coefficient (Wildman–Crippen LogP) is 10.1. The number of rotatable bonds is 8. The summed E-state index contributed by atoms with van der Waals surface area (Å²) in [4.78, 5) is 33.1. The maximum Gasteiger partial charge on any atom is 0.160 e. The summed E-state index contributed by atoms with van der Waals surface area (Å²) >= 11 is 0. The van der Waals surface area contributed by atoms with E-state index in [9.17, 15) is 15.0 Å². The molecule has 0 bridgehead atoms. The number of aliphatic hydroxyl groups excluding tert-OH is 2. The Kier molecular flexibility index (Phi) is 8.69. The zero-order valence-corrected chi connectivity index (χ0v) is 37.4. The lowest BCUT2D eigenvalue weighted by molar-refractivity contribution is -0.245. The number of nitrogens with one attached hydrogen (secondary N) is 1. The van der Waals surface area contributed by atoms with Crippen LogP contribution >= 0.6 is 0 Å². The summed E-state index contributed by atoms with van der Waals surface area (Å²) in [5.74, 6) is 1.19. The molecule has 7 aliphatic rings. The van der Waals surface area contributed by atoms with E-state index < -0.39 is 28.5 Å². The molecule has 1 aromatic carbocycles. The first kappa shape index (κ1) is 40.1. The monoisotopic (exact) mass is 803 g/mol. The Morgan fingerprint density at radius 2 is 1.63 bits per heavy atom. The van der Waals surface area contributed by atoms with Crippen LogP contribution in [0.2, 0.25) is 0 Å². The SMILES string of the molecule is Cc1cc(C)cc(Cc2cn(CC34CCC(C)(CC(O)C5OC5(C)C)C5=C3C(C)(CC5=O)C3(C)CCC5C(C)(CCC(=O)C5(C)C5CCCC5)C3C4O)c3cc[nH]c23)c1. The smallest absolute Gasteiger partial charge is 0.160 e. The number of ketones is 2. The van der Waals surface area contributed by atoms with Crippen molar-refractivity contribution in [1.82, 2.24) is 9.55 Å². The fourth-order valence-electron chi connectivity index (χ4n) is 16.6. The van der Waals surface area contributed by atoms with Gasteiger partial charge in [0.25, 0.3) is 0 Å². The number of epoxide rings is 1. The van der Waals surface area contributed by atoms with Gasteiger partial charge in [-0.2, -0.15) is 0 Å². The van der Waals surface area contributed by atoms with E-state index in [-0.39, 0.29) is 45.6 Å². The highest BCUT2D eigenvalue weighted by molar-refractivity contribution is 6.02. The van der Waals surface area contributed by atoms with Gasteiger partial charge in [0.2, 0.25) is 0 Å². The molecule has 7 heteroatoms. The first-order valence-electron chi connectivity index (χ1n) is 23.3. The maximum atomic E-state index is 15.2. The molecule has 7 nitrogen and oxygen atoms in total. The summed E-state index contributed by atoms with van der Waals surface area (Å²) in [6, 6.07) is 8.98. The zero-order valence-electron chi connectivity index (χ0n) is 37.4. The number of nitrogens with zero attached hydrogens (tertiary/aromatic N) is 1. The molecule has 11 unspecified atom stereocenters. The molecule has 318 valence electrons. The largest absolute Gasteiger partial charge is 0.392 e. The van der Waals surface area contributed by atoms with Crippen molar-refractivity contribution in [2.45, 2.75) is 176 Å². The van der Waals surface area contributed by atoms with Gasteiger partial charge in [-0.3, -0.25) is 9.59 Å². The van der Waals surface area contributed by atoms with Gasteiger partial charge in [-0.1, -0.05) is 76.8 Å². The molecule has 0 radical (unpaired) electrons. The van der Waals surface area contributed by atoms with Crippen LogP contribution in [0.25, 0.3) is 11.0 Å². The molecule has 3 heterocycles. The summed E-state index contributed by atoms with van der Waals surface area (Å²) in [6.07, 6.45) is 13.8. The number of aromatic amines is 1. The molecular weight excluding hydrogens is 733 g/mol. The second-order valence-electron chi connectivity index (χ2n) is 23.1. The molecule has 4 saturated carbocycles. The first-order valence-corrected chi connectivity index (χ1v) is 23.3. The molecule has 1 aliphatic heterocycles. The zero-order chi connectivity index (χ0) is 41.9. The van der Waals surface area contributed by atoms with Gasteiger partial charge in [-0.05, 0) is 136 Å². The number of hydrogen-bond acceptors (Lipinski definition) is 5. The van der Waals surface area contributed by atoms with Crippen LogP contribution in [0.15, 0.2) is 47.8 Å². The third-order valence-electron chi connectivity index (χ3n) is 19.4. The lowest BCUT2D eigenvalue weighted by Gasteiger charge is -2.73. The average molecular weight is 803 g/mol. The first-order chi connectivity index (χ1) is 27.7. The molecule has 0 amide bonds. The number of H-pyrrole nitrogens is 1. The maximum absolute atomic E-state index is 15.2. The van der Waals surface area contributed by atoms with Gasteiger partial charge in [-0.25, -0.2) is 0 Å². The Morgan fingerprint density at radius 3 is 2.31 bits per heavy atom. The highest BCUT2D eigenvalue weighted by Gasteiger charge is 2.77. The summed E-state index contributed by atoms with van der Waals surface area (Å²) in [7, 11) is 0. The van der Waals surface area contributed by atoms with E-state index in [4.69, 9.17) is 4.74 Å². The minimum absolute atomic E-state index is 0.0777. The lowest BCUT2D eigenvalue weighted by Crippen LogP contribution is -2.71. The third-order valence-corrected chi connectivity index (χ3v) is 19.4. The Balaban J connectivity index is 1.14. The van der Waals surface area contributed by atoms with Crippen LogP contribution in [0.4, 0.5) is 0 Å². The van der Waals surface area contributed by atoms with E-state index >= 15 is 4.79 Å². The number of fused-ring (bicyclic) bond motifs is 5. The fraction of sp³-hybridized carbons (Fsp3) is 0.692. The van der Waals surface area contributed by atoms with Crippen LogP contribution in [0.1, 0.15) is 148 Å². The molecule has 59 heavy (non-hydrogen) atoms. The number of benzene rings is 1. The van der Waals surface area contributed by atoms with Crippen molar-refractivity contribution in [1.29, 1.82) is 0 Å². The van der Waals surface area contributed by atoms with Gasteiger partial charge in [0.15, 0.2) is 5.78 Å². The van der Waals surface area contributed by atoms with E-state index in [0.717, 1.165) is 61.6 Å². The van der Waals surface area contributed by atoms with Gasteiger partial charge in [0.05, 0.1) is 28.8 Å². The standard InChI is InChI=1S/C52H70N2O5/c1-30-22-31(2)24-32(23-30)25-33-28-54(35-16-21-53-41(33)35)29-52-20-19-47(5,26-37(56)45-46(3,4)59-45)40-36(55)27-50(8,42(40)52)49(7)18-14-38-48(6,43(49)44(52)58)17-15-39(57)51(38,9)34-12-10-11-13-34/h16,21-24,28,34,37-38,43-45,53,56,58H,10-15,17-20,25-27,29H2,1-9H3. The highest BCUT2D eigenvalue weighted by atomic mass is 16.6. The predicted molar refractivity (Wildman–Crippen MR) is 232 cm³/mol. The summed E-state index contributed by atoms with van der Waals surface area (Å²) in [6.45, 7) is 20.8. The Labute approximate surface area is 352 Å². The average Bonchev–Trinajstić information content (AvgIpc) is 3.73. The van der Waals surface area contributed by atoms with Crippen LogP contribution in [0, 0.1) is 64.1 Å². The lowest BCUT2D eigenvalue weighted by atomic mass is 9.31. The van der Waals surface area contributed by atoms with E-state index in [1.54, 1.807) is 0 Å². The van der Waals surface area contributed by atoms with Crippen LogP contribution in [-0.4, -0.2) is 55.2 Å². The Hall–Kier alpha value is -3.00. The molecule has 1 saturated heterocycles. The second-order valence-corrected chi connectivity index (χ2v) is 23.1.